The fourth-order valence-corrected chi connectivity index (χ4v) is 2.93. The summed E-state index contributed by atoms with van der Waals surface area (Å²) in [4.78, 5) is 0.295. The molecule has 4 nitrogen and oxygen atoms in total. The minimum absolute atomic E-state index is 0.295. The highest BCUT2D eigenvalue weighted by Gasteiger charge is 2.20. The topological polar surface area (TPSA) is 46.6 Å². The largest absolute Gasteiger partial charge is 0.496 e. The number of methoxy groups -OCH3 is 1. The van der Waals surface area contributed by atoms with Crippen LogP contribution in [0.15, 0.2) is 41.3 Å². The van der Waals surface area contributed by atoms with E-state index in [1.54, 1.807) is 25.3 Å². The number of sulfonamides is 1. The van der Waals surface area contributed by atoms with Gasteiger partial charge in [0.2, 0.25) is 10.0 Å². The third-order valence-corrected chi connectivity index (χ3v) is 4.70. The van der Waals surface area contributed by atoms with Crippen molar-refractivity contribution in [1.29, 1.82) is 0 Å². The van der Waals surface area contributed by atoms with Crippen LogP contribution in [0.4, 0.5) is 0 Å². The van der Waals surface area contributed by atoms with Gasteiger partial charge in [-0.25, -0.2) is 12.7 Å². The molecule has 0 N–H and O–H groups in total. The SMILES string of the molecule is COc1ccc(S(=O)(=O)N(C)C)c2ccccc12. The van der Waals surface area contributed by atoms with Crippen LogP contribution in [0.3, 0.4) is 0 Å². The van der Waals surface area contributed by atoms with Crippen molar-refractivity contribution in [2.24, 2.45) is 0 Å². The monoisotopic (exact) mass is 265 g/mol. The molecule has 0 saturated carbocycles. The molecular formula is C13H15NO3S. The van der Waals surface area contributed by atoms with Crippen molar-refractivity contribution in [3.05, 3.63) is 36.4 Å². The molecule has 2 rings (SSSR count). The van der Waals surface area contributed by atoms with Gasteiger partial charge in [-0.3, -0.25) is 0 Å². The highest BCUT2D eigenvalue weighted by molar-refractivity contribution is 7.89. The van der Waals surface area contributed by atoms with Crippen LogP contribution in [0.1, 0.15) is 0 Å². The predicted octanol–water partition coefficient (Wildman–Crippen LogP) is 2.10. The predicted molar refractivity (Wildman–Crippen MR) is 71.4 cm³/mol. The van der Waals surface area contributed by atoms with Crippen molar-refractivity contribution >= 4 is 20.8 Å². The van der Waals surface area contributed by atoms with E-state index in [4.69, 9.17) is 4.74 Å². The van der Waals surface area contributed by atoms with Gasteiger partial charge in [0.25, 0.3) is 0 Å². The standard InChI is InChI=1S/C13H15NO3S/c1-14(2)18(15,16)13-9-8-12(17-3)10-6-4-5-7-11(10)13/h4-9H,1-3H3. The van der Waals surface area contributed by atoms with Crippen LogP contribution in [0.25, 0.3) is 10.8 Å². The van der Waals surface area contributed by atoms with Gasteiger partial charge in [-0.05, 0) is 12.1 Å². The number of ether oxygens (including phenoxy) is 1. The highest BCUT2D eigenvalue weighted by atomic mass is 32.2. The molecule has 0 aromatic heterocycles. The minimum atomic E-state index is -3.45. The molecule has 0 unspecified atom stereocenters. The van der Waals surface area contributed by atoms with E-state index in [1.165, 1.54) is 18.4 Å². The Balaban J connectivity index is 2.83. The van der Waals surface area contributed by atoms with E-state index in [1.807, 2.05) is 18.2 Å². The average Bonchev–Trinajstić information content (AvgIpc) is 2.37. The van der Waals surface area contributed by atoms with E-state index in [0.29, 0.717) is 16.0 Å². The molecule has 0 bridgehead atoms. The first-order chi connectivity index (χ1) is 8.48. The summed E-state index contributed by atoms with van der Waals surface area (Å²) in [6.07, 6.45) is 0. The normalized spacial score (nSPS) is 12.0. The van der Waals surface area contributed by atoms with E-state index < -0.39 is 10.0 Å². The summed E-state index contributed by atoms with van der Waals surface area (Å²) in [7, 11) is 1.16. The summed E-state index contributed by atoms with van der Waals surface area (Å²) >= 11 is 0. The molecule has 2 aromatic rings. The Kier molecular flexibility index (Phi) is 3.28. The van der Waals surface area contributed by atoms with Gasteiger partial charge in [-0.2, -0.15) is 0 Å². The number of nitrogens with zero attached hydrogens (tertiary/aromatic N) is 1. The van der Waals surface area contributed by atoms with Crippen LogP contribution in [-0.2, 0) is 10.0 Å². The summed E-state index contributed by atoms with van der Waals surface area (Å²) in [6, 6.07) is 10.6. The second kappa shape index (κ2) is 4.59. The van der Waals surface area contributed by atoms with Crippen LogP contribution < -0.4 is 4.74 Å². The fraction of sp³-hybridized carbons (Fsp3) is 0.231. The number of fused-ring (bicyclic) bond motifs is 1. The molecule has 0 amide bonds. The van der Waals surface area contributed by atoms with Gasteiger partial charge in [-0.15, -0.1) is 0 Å². The van der Waals surface area contributed by atoms with Crippen LogP contribution in [0.5, 0.6) is 5.75 Å². The third kappa shape index (κ3) is 1.95. The average molecular weight is 265 g/mol. The van der Waals surface area contributed by atoms with E-state index >= 15 is 0 Å². The van der Waals surface area contributed by atoms with Crippen LogP contribution >= 0.6 is 0 Å². The lowest BCUT2D eigenvalue weighted by atomic mass is 10.1. The molecule has 0 fully saturated rings. The van der Waals surface area contributed by atoms with Crippen molar-refractivity contribution in [3.63, 3.8) is 0 Å². The molecule has 0 aliphatic carbocycles. The molecule has 96 valence electrons. The molecule has 0 aliphatic rings. The number of hydrogen-bond donors (Lipinski definition) is 0. The summed E-state index contributed by atoms with van der Waals surface area (Å²) < 4.78 is 30.9. The van der Waals surface area contributed by atoms with Gasteiger partial charge < -0.3 is 4.74 Å². The Morgan fingerprint density at radius 2 is 1.61 bits per heavy atom. The maximum Gasteiger partial charge on any atom is 0.243 e. The molecule has 0 radical (unpaired) electrons. The van der Waals surface area contributed by atoms with Gasteiger partial charge in [0.05, 0.1) is 12.0 Å². The van der Waals surface area contributed by atoms with Crippen molar-refractivity contribution in [1.82, 2.24) is 4.31 Å². The summed E-state index contributed by atoms with van der Waals surface area (Å²) in [5.74, 6) is 0.670. The minimum Gasteiger partial charge on any atom is -0.496 e. The Morgan fingerprint density at radius 3 is 2.17 bits per heavy atom. The summed E-state index contributed by atoms with van der Waals surface area (Å²) in [6.45, 7) is 0. The Morgan fingerprint density at radius 1 is 1.00 bits per heavy atom. The number of rotatable bonds is 3. The van der Waals surface area contributed by atoms with E-state index in [-0.39, 0.29) is 0 Å². The molecule has 5 heteroatoms. The van der Waals surface area contributed by atoms with Crippen molar-refractivity contribution in [3.8, 4) is 5.75 Å². The number of benzene rings is 2. The quantitative estimate of drug-likeness (QED) is 0.853. The van der Waals surface area contributed by atoms with Crippen LogP contribution in [0, 0.1) is 0 Å². The third-order valence-electron chi connectivity index (χ3n) is 2.82. The van der Waals surface area contributed by atoms with Crippen molar-refractivity contribution in [2.45, 2.75) is 4.90 Å². The lowest BCUT2D eigenvalue weighted by molar-refractivity contribution is 0.419. The van der Waals surface area contributed by atoms with Crippen molar-refractivity contribution in [2.75, 3.05) is 21.2 Å². The fourth-order valence-electron chi connectivity index (χ4n) is 1.84. The highest BCUT2D eigenvalue weighted by Crippen LogP contribution is 2.31. The van der Waals surface area contributed by atoms with Gasteiger partial charge >= 0.3 is 0 Å². The first-order valence-electron chi connectivity index (χ1n) is 5.46. The zero-order valence-corrected chi connectivity index (χ0v) is 11.4. The lowest BCUT2D eigenvalue weighted by Crippen LogP contribution is -2.22. The Hall–Kier alpha value is -1.59. The van der Waals surface area contributed by atoms with E-state index in [2.05, 4.69) is 0 Å². The second-order valence-corrected chi connectivity index (χ2v) is 6.22. The zero-order chi connectivity index (χ0) is 13.3. The van der Waals surface area contributed by atoms with Crippen molar-refractivity contribution < 1.29 is 13.2 Å². The second-order valence-electron chi connectivity index (χ2n) is 4.10. The van der Waals surface area contributed by atoms with E-state index in [0.717, 1.165) is 5.39 Å². The first kappa shape index (κ1) is 12.9. The Bertz CT molecular complexity index is 678. The Labute approximate surface area is 107 Å². The van der Waals surface area contributed by atoms with Crippen LogP contribution in [0.2, 0.25) is 0 Å². The molecule has 0 aliphatic heterocycles. The van der Waals surface area contributed by atoms with Gasteiger partial charge in [0, 0.05) is 24.9 Å². The summed E-state index contributed by atoms with van der Waals surface area (Å²) in [5.41, 5.74) is 0. The first-order valence-corrected chi connectivity index (χ1v) is 6.90. The molecule has 0 spiro atoms. The van der Waals surface area contributed by atoms with E-state index in [9.17, 15) is 8.42 Å². The van der Waals surface area contributed by atoms with Crippen LogP contribution in [-0.4, -0.2) is 33.9 Å². The molecule has 2 aromatic carbocycles. The summed E-state index contributed by atoms with van der Waals surface area (Å²) in [5, 5.41) is 1.47. The maximum absolute atomic E-state index is 12.2. The van der Waals surface area contributed by atoms with Gasteiger partial charge in [0.15, 0.2) is 0 Å². The zero-order valence-electron chi connectivity index (χ0n) is 10.5. The molecule has 0 atom stereocenters. The number of hydrogen-bond acceptors (Lipinski definition) is 3. The van der Waals surface area contributed by atoms with Gasteiger partial charge in [-0.1, -0.05) is 24.3 Å². The molecular weight excluding hydrogens is 250 g/mol. The maximum atomic E-state index is 12.2. The smallest absolute Gasteiger partial charge is 0.243 e. The van der Waals surface area contributed by atoms with Gasteiger partial charge in [0.1, 0.15) is 5.75 Å². The lowest BCUT2D eigenvalue weighted by Gasteiger charge is -2.15. The molecule has 0 heterocycles. The molecule has 0 saturated heterocycles. The molecule has 18 heavy (non-hydrogen) atoms.